The van der Waals surface area contributed by atoms with Crippen molar-refractivity contribution >= 4 is 43.4 Å². The van der Waals surface area contributed by atoms with E-state index in [0.29, 0.717) is 0 Å². The smallest absolute Gasteiger partial charge is 0.106 e. The molecule has 2 N–H and O–H groups in total. The van der Waals surface area contributed by atoms with E-state index in [1.54, 1.807) is 0 Å². The second-order valence-corrected chi connectivity index (χ2v) is 9.23. The van der Waals surface area contributed by atoms with Crippen molar-refractivity contribution in [2.45, 2.75) is 20.3 Å². The summed E-state index contributed by atoms with van der Waals surface area (Å²) in [6.45, 7) is 4.11. The Morgan fingerprint density at radius 1 is 0.686 bits per heavy atom. The van der Waals surface area contributed by atoms with Crippen molar-refractivity contribution in [2.24, 2.45) is 0 Å². The molecular formula is C31H24N4. The van der Waals surface area contributed by atoms with Crippen LogP contribution < -0.4 is 0 Å². The van der Waals surface area contributed by atoms with Gasteiger partial charge < -0.3 is 9.97 Å². The molecule has 168 valence electrons. The van der Waals surface area contributed by atoms with E-state index in [1.165, 1.54) is 43.4 Å². The van der Waals surface area contributed by atoms with Crippen LogP contribution in [0.1, 0.15) is 18.6 Å². The zero-order valence-corrected chi connectivity index (χ0v) is 19.7. The molecule has 2 aromatic heterocycles. The van der Waals surface area contributed by atoms with Crippen molar-refractivity contribution in [1.29, 1.82) is 0 Å². The summed E-state index contributed by atoms with van der Waals surface area (Å²) < 4.78 is 0. The lowest BCUT2D eigenvalue weighted by molar-refractivity contribution is 1.00. The monoisotopic (exact) mass is 452 g/mol. The highest BCUT2D eigenvalue weighted by Gasteiger charge is 2.13. The molecular weight excluding hydrogens is 428 g/mol. The lowest BCUT2D eigenvalue weighted by Crippen LogP contribution is -1.85. The first-order chi connectivity index (χ1) is 17.2. The molecule has 0 saturated carbocycles. The van der Waals surface area contributed by atoms with Gasteiger partial charge in [0, 0.05) is 22.8 Å². The quantitative estimate of drug-likeness (QED) is 0.267. The molecule has 0 aliphatic rings. The number of aromatic amines is 2. The predicted octanol–water partition coefficient (Wildman–Crippen LogP) is 7.95. The van der Waals surface area contributed by atoms with Crippen LogP contribution in [0.5, 0.6) is 0 Å². The molecule has 0 aliphatic heterocycles. The van der Waals surface area contributed by atoms with E-state index < -0.39 is 0 Å². The third-order valence-corrected chi connectivity index (χ3v) is 7.04. The summed E-state index contributed by atoms with van der Waals surface area (Å²) in [7, 11) is 0. The van der Waals surface area contributed by atoms with Crippen molar-refractivity contribution in [3.05, 3.63) is 96.7 Å². The third kappa shape index (κ3) is 3.14. The zero-order chi connectivity index (χ0) is 23.5. The number of hydrogen-bond acceptors (Lipinski definition) is 2. The lowest BCUT2D eigenvalue weighted by Gasteiger charge is -2.10. The number of imidazole rings is 2. The van der Waals surface area contributed by atoms with E-state index in [2.05, 4.69) is 101 Å². The standard InChI is InChI=1S/C31H24N4/c1-3-29-34-30-25-7-5-4-6-24(25)27-16-22(12-13-26(27)31(30)35-29)20-8-9-21-15-23(11-10-19(21)14-20)28-17-32-18(2)33-28/h4-17H,3H2,1-2H3,(H,32,33)(H,34,35). The minimum atomic E-state index is 0.890. The van der Waals surface area contributed by atoms with Crippen LogP contribution in [0.15, 0.2) is 85.1 Å². The molecule has 0 spiro atoms. The summed E-state index contributed by atoms with van der Waals surface area (Å²) >= 11 is 0. The Labute approximate surface area is 202 Å². The van der Waals surface area contributed by atoms with Crippen molar-refractivity contribution < 1.29 is 0 Å². The molecule has 35 heavy (non-hydrogen) atoms. The number of benzene rings is 5. The van der Waals surface area contributed by atoms with Crippen LogP contribution in [0, 0.1) is 6.92 Å². The number of nitrogens with zero attached hydrogens (tertiary/aromatic N) is 2. The Balaban J connectivity index is 1.40. The van der Waals surface area contributed by atoms with E-state index in [0.717, 1.165) is 40.4 Å². The molecule has 0 saturated heterocycles. The first-order valence-corrected chi connectivity index (χ1v) is 12.1. The number of H-pyrrole nitrogens is 2. The minimum Gasteiger partial charge on any atom is -0.342 e. The summed E-state index contributed by atoms with van der Waals surface area (Å²) in [5.41, 5.74) is 6.82. The molecule has 0 radical (unpaired) electrons. The van der Waals surface area contributed by atoms with Crippen molar-refractivity contribution in [3.63, 3.8) is 0 Å². The summed E-state index contributed by atoms with van der Waals surface area (Å²) in [4.78, 5) is 16.1. The fraction of sp³-hybridized carbons (Fsp3) is 0.0968. The molecule has 4 nitrogen and oxygen atoms in total. The average Bonchev–Trinajstić information content (AvgIpc) is 3.54. The Kier molecular flexibility index (Phi) is 4.30. The fourth-order valence-corrected chi connectivity index (χ4v) is 5.23. The second kappa shape index (κ2) is 7.54. The van der Waals surface area contributed by atoms with Gasteiger partial charge in [0.15, 0.2) is 0 Å². The first kappa shape index (κ1) is 20.0. The van der Waals surface area contributed by atoms with Gasteiger partial charge in [-0.15, -0.1) is 0 Å². The lowest BCUT2D eigenvalue weighted by atomic mass is 9.94. The molecule has 2 heterocycles. The van der Waals surface area contributed by atoms with Gasteiger partial charge >= 0.3 is 0 Å². The number of hydrogen-bond donors (Lipinski definition) is 2. The van der Waals surface area contributed by atoms with Gasteiger partial charge in [-0.2, -0.15) is 0 Å². The van der Waals surface area contributed by atoms with E-state index in [4.69, 9.17) is 4.98 Å². The van der Waals surface area contributed by atoms with Crippen LogP contribution in [-0.4, -0.2) is 19.9 Å². The first-order valence-electron chi connectivity index (χ1n) is 12.1. The van der Waals surface area contributed by atoms with E-state index in [1.807, 2.05) is 13.1 Å². The largest absolute Gasteiger partial charge is 0.342 e. The summed E-state index contributed by atoms with van der Waals surface area (Å²) in [6.07, 6.45) is 2.78. The van der Waals surface area contributed by atoms with Crippen LogP contribution in [0.25, 0.3) is 65.7 Å². The Morgan fingerprint density at radius 3 is 2.17 bits per heavy atom. The number of fused-ring (bicyclic) bond motifs is 7. The third-order valence-electron chi connectivity index (χ3n) is 7.04. The minimum absolute atomic E-state index is 0.890. The van der Waals surface area contributed by atoms with Gasteiger partial charge in [-0.25, -0.2) is 9.97 Å². The van der Waals surface area contributed by atoms with Crippen LogP contribution in [0.3, 0.4) is 0 Å². The maximum Gasteiger partial charge on any atom is 0.106 e. The molecule has 0 atom stereocenters. The highest BCUT2D eigenvalue weighted by Crippen LogP contribution is 2.37. The van der Waals surface area contributed by atoms with Crippen molar-refractivity contribution in [3.8, 4) is 22.4 Å². The summed E-state index contributed by atoms with van der Waals surface area (Å²) in [6, 6.07) is 28.7. The number of aromatic nitrogens is 4. The highest BCUT2D eigenvalue weighted by atomic mass is 14.9. The Morgan fingerprint density at radius 2 is 1.40 bits per heavy atom. The molecule has 7 aromatic rings. The van der Waals surface area contributed by atoms with Crippen LogP contribution in [-0.2, 0) is 6.42 Å². The van der Waals surface area contributed by atoms with Gasteiger partial charge in [0.25, 0.3) is 0 Å². The van der Waals surface area contributed by atoms with Crippen LogP contribution in [0.2, 0.25) is 0 Å². The van der Waals surface area contributed by atoms with Crippen LogP contribution >= 0.6 is 0 Å². The van der Waals surface area contributed by atoms with E-state index in [-0.39, 0.29) is 0 Å². The molecule has 0 unspecified atom stereocenters. The SMILES string of the molecule is CCc1nc2c3ccccc3c3cc(-c4ccc5cc(-c6cnc(C)[nH]6)ccc5c4)ccc3c2[nH]1. The number of rotatable bonds is 3. The summed E-state index contributed by atoms with van der Waals surface area (Å²) in [5, 5.41) is 7.35. The van der Waals surface area contributed by atoms with E-state index >= 15 is 0 Å². The number of aryl methyl sites for hydroxylation is 2. The molecule has 0 bridgehead atoms. The molecule has 5 aromatic carbocycles. The molecule has 0 amide bonds. The van der Waals surface area contributed by atoms with Crippen molar-refractivity contribution in [2.75, 3.05) is 0 Å². The Bertz CT molecular complexity index is 1900. The van der Waals surface area contributed by atoms with Crippen molar-refractivity contribution in [1.82, 2.24) is 19.9 Å². The Hall–Kier alpha value is -4.44. The van der Waals surface area contributed by atoms with Gasteiger partial charge in [-0.1, -0.05) is 67.6 Å². The highest BCUT2D eigenvalue weighted by molar-refractivity contribution is 6.23. The predicted molar refractivity (Wildman–Crippen MR) is 146 cm³/mol. The maximum atomic E-state index is 4.89. The average molecular weight is 453 g/mol. The zero-order valence-electron chi connectivity index (χ0n) is 19.7. The molecule has 0 fully saturated rings. The molecule has 7 rings (SSSR count). The second-order valence-electron chi connectivity index (χ2n) is 9.23. The number of nitrogens with one attached hydrogen (secondary N) is 2. The van der Waals surface area contributed by atoms with Gasteiger partial charge in [-0.05, 0) is 57.8 Å². The van der Waals surface area contributed by atoms with Crippen LogP contribution in [0.4, 0.5) is 0 Å². The fourth-order valence-electron chi connectivity index (χ4n) is 5.23. The molecule has 0 aliphatic carbocycles. The summed E-state index contributed by atoms with van der Waals surface area (Å²) in [5.74, 6) is 1.96. The van der Waals surface area contributed by atoms with Gasteiger partial charge in [-0.3, -0.25) is 0 Å². The van der Waals surface area contributed by atoms with Gasteiger partial charge in [0.05, 0.1) is 22.9 Å². The topological polar surface area (TPSA) is 57.4 Å². The van der Waals surface area contributed by atoms with Gasteiger partial charge in [0.2, 0.25) is 0 Å². The molecule has 4 heteroatoms. The van der Waals surface area contributed by atoms with Gasteiger partial charge in [0.1, 0.15) is 11.6 Å². The normalized spacial score (nSPS) is 11.8. The van der Waals surface area contributed by atoms with E-state index in [9.17, 15) is 0 Å². The maximum absolute atomic E-state index is 4.89.